The zero-order valence-electron chi connectivity index (χ0n) is 12.6. The van der Waals surface area contributed by atoms with Gasteiger partial charge >= 0.3 is 11.9 Å². The number of ether oxygens (including phenoxy) is 2. The van der Waals surface area contributed by atoms with E-state index in [-0.39, 0.29) is 35.9 Å². The van der Waals surface area contributed by atoms with Crippen LogP contribution in [-0.2, 0) is 19.1 Å². The molecule has 1 heterocycles. The van der Waals surface area contributed by atoms with Gasteiger partial charge in [-0.15, -0.1) is 0 Å². The molecule has 5 heteroatoms. The summed E-state index contributed by atoms with van der Waals surface area (Å²) in [6.45, 7) is 8.13. The third kappa shape index (κ3) is 3.08. The third-order valence-electron chi connectivity index (χ3n) is 3.93. The maximum absolute atomic E-state index is 12.1. The second-order valence-corrected chi connectivity index (χ2v) is 5.80. The van der Waals surface area contributed by atoms with Crippen LogP contribution in [0.2, 0.25) is 0 Å². The van der Waals surface area contributed by atoms with Crippen LogP contribution in [0.4, 0.5) is 0 Å². The Balaban J connectivity index is 3.14. The van der Waals surface area contributed by atoms with Crippen molar-refractivity contribution in [1.82, 2.24) is 5.32 Å². The monoisotopic (exact) mass is 271 g/mol. The van der Waals surface area contributed by atoms with E-state index < -0.39 is 11.8 Å². The van der Waals surface area contributed by atoms with Crippen LogP contribution in [0.15, 0.2) is 0 Å². The second kappa shape index (κ2) is 6.37. The summed E-state index contributed by atoms with van der Waals surface area (Å²) in [5.74, 6) is -1.18. The molecule has 0 radical (unpaired) electrons. The Morgan fingerprint density at radius 1 is 0.842 bits per heavy atom. The molecule has 0 aromatic heterocycles. The summed E-state index contributed by atoms with van der Waals surface area (Å²) >= 11 is 0. The molecule has 5 nitrogen and oxygen atoms in total. The van der Waals surface area contributed by atoms with Gasteiger partial charge in [0, 0.05) is 12.1 Å². The Morgan fingerprint density at radius 2 is 1.16 bits per heavy atom. The third-order valence-corrected chi connectivity index (χ3v) is 3.93. The molecule has 110 valence electrons. The van der Waals surface area contributed by atoms with Gasteiger partial charge in [-0.05, 0) is 11.8 Å². The van der Waals surface area contributed by atoms with E-state index in [1.54, 1.807) is 0 Å². The largest absolute Gasteiger partial charge is 0.469 e. The smallest absolute Gasteiger partial charge is 0.311 e. The van der Waals surface area contributed by atoms with Crippen LogP contribution in [-0.4, -0.2) is 38.2 Å². The van der Waals surface area contributed by atoms with Gasteiger partial charge in [-0.3, -0.25) is 9.59 Å². The number of carbonyl (C=O) groups excluding carboxylic acids is 2. The zero-order chi connectivity index (χ0) is 14.7. The summed E-state index contributed by atoms with van der Waals surface area (Å²) in [5, 5.41) is 3.42. The average molecular weight is 271 g/mol. The average Bonchev–Trinajstić information content (AvgIpc) is 2.77. The molecule has 19 heavy (non-hydrogen) atoms. The van der Waals surface area contributed by atoms with Gasteiger partial charge in [0.2, 0.25) is 0 Å². The molecule has 0 bridgehead atoms. The van der Waals surface area contributed by atoms with Crippen molar-refractivity contribution in [1.29, 1.82) is 0 Å². The molecule has 1 fully saturated rings. The van der Waals surface area contributed by atoms with Gasteiger partial charge in [0.1, 0.15) is 0 Å². The van der Waals surface area contributed by atoms with Gasteiger partial charge in [0.25, 0.3) is 0 Å². The normalized spacial score (nSPS) is 30.7. The van der Waals surface area contributed by atoms with Crippen molar-refractivity contribution in [3.8, 4) is 0 Å². The standard InChI is InChI=1S/C14H25NO4/c1-7(2)11-9(13(16)18-5)10(14(17)19-6)12(15-11)8(3)4/h7-12,15H,1-6H3/t9-,10-,11-,12-/m0/s1. The van der Waals surface area contributed by atoms with Gasteiger partial charge < -0.3 is 14.8 Å². The Kier molecular flexibility index (Phi) is 5.35. The molecule has 0 saturated carbocycles. The van der Waals surface area contributed by atoms with E-state index in [4.69, 9.17) is 9.47 Å². The van der Waals surface area contributed by atoms with E-state index in [0.717, 1.165) is 0 Å². The predicted molar refractivity (Wildman–Crippen MR) is 71.4 cm³/mol. The van der Waals surface area contributed by atoms with Crippen LogP contribution in [0.5, 0.6) is 0 Å². The highest BCUT2D eigenvalue weighted by atomic mass is 16.5. The van der Waals surface area contributed by atoms with Crippen LogP contribution in [0.3, 0.4) is 0 Å². The number of rotatable bonds is 4. The minimum atomic E-state index is -0.482. The van der Waals surface area contributed by atoms with E-state index in [1.807, 2.05) is 27.7 Å². The van der Waals surface area contributed by atoms with Crippen LogP contribution in [0.25, 0.3) is 0 Å². The summed E-state index contributed by atoms with van der Waals surface area (Å²) in [6.07, 6.45) is 0. The zero-order valence-corrected chi connectivity index (χ0v) is 12.6. The lowest BCUT2D eigenvalue weighted by molar-refractivity contribution is -0.157. The van der Waals surface area contributed by atoms with Crippen molar-refractivity contribution in [3.05, 3.63) is 0 Å². The van der Waals surface area contributed by atoms with Gasteiger partial charge in [-0.1, -0.05) is 27.7 Å². The number of nitrogens with one attached hydrogen (secondary N) is 1. The van der Waals surface area contributed by atoms with Gasteiger partial charge in [-0.2, -0.15) is 0 Å². The Labute approximate surface area is 115 Å². The first-order valence-electron chi connectivity index (χ1n) is 6.76. The van der Waals surface area contributed by atoms with Crippen molar-refractivity contribution in [3.63, 3.8) is 0 Å². The van der Waals surface area contributed by atoms with Gasteiger partial charge in [-0.25, -0.2) is 0 Å². The molecule has 1 saturated heterocycles. The molecular formula is C14H25NO4. The summed E-state index contributed by atoms with van der Waals surface area (Å²) < 4.78 is 9.76. The number of hydrogen-bond acceptors (Lipinski definition) is 5. The lowest BCUT2D eigenvalue weighted by atomic mass is 9.80. The van der Waals surface area contributed by atoms with Crippen molar-refractivity contribution in [2.45, 2.75) is 39.8 Å². The highest BCUT2D eigenvalue weighted by molar-refractivity contribution is 5.84. The van der Waals surface area contributed by atoms with E-state index in [0.29, 0.717) is 0 Å². The fraction of sp³-hybridized carbons (Fsp3) is 0.857. The molecule has 0 amide bonds. The van der Waals surface area contributed by atoms with Crippen LogP contribution in [0, 0.1) is 23.7 Å². The lowest BCUT2D eigenvalue weighted by Gasteiger charge is -2.23. The van der Waals surface area contributed by atoms with Crippen molar-refractivity contribution in [2.75, 3.05) is 14.2 Å². The molecule has 0 aliphatic carbocycles. The van der Waals surface area contributed by atoms with Crippen molar-refractivity contribution < 1.29 is 19.1 Å². The number of hydrogen-bond donors (Lipinski definition) is 1. The predicted octanol–water partition coefficient (Wildman–Crippen LogP) is 1.22. The van der Waals surface area contributed by atoms with E-state index in [2.05, 4.69) is 5.32 Å². The van der Waals surface area contributed by atoms with Crippen LogP contribution >= 0.6 is 0 Å². The molecular weight excluding hydrogens is 246 g/mol. The fourth-order valence-corrected chi connectivity index (χ4v) is 2.95. The summed E-state index contributed by atoms with van der Waals surface area (Å²) in [4.78, 5) is 24.1. The first kappa shape index (κ1) is 16.0. The molecule has 1 N–H and O–H groups in total. The Bertz CT molecular complexity index is 308. The minimum Gasteiger partial charge on any atom is -0.469 e. The molecule has 0 aromatic carbocycles. The molecule has 1 aliphatic heterocycles. The van der Waals surface area contributed by atoms with Gasteiger partial charge in [0.05, 0.1) is 26.1 Å². The van der Waals surface area contributed by atoms with Gasteiger partial charge in [0.15, 0.2) is 0 Å². The van der Waals surface area contributed by atoms with E-state index in [1.165, 1.54) is 14.2 Å². The second-order valence-electron chi connectivity index (χ2n) is 5.80. The summed E-state index contributed by atoms with van der Waals surface area (Å²) in [6, 6.07) is -0.132. The molecule has 0 unspecified atom stereocenters. The van der Waals surface area contributed by atoms with Crippen LogP contribution in [0.1, 0.15) is 27.7 Å². The van der Waals surface area contributed by atoms with Crippen LogP contribution < -0.4 is 5.32 Å². The first-order valence-corrected chi connectivity index (χ1v) is 6.76. The number of esters is 2. The summed E-state index contributed by atoms with van der Waals surface area (Å²) in [7, 11) is 2.72. The summed E-state index contributed by atoms with van der Waals surface area (Å²) in [5.41, 5.74) is 0. The maximum atomic E-state index is 12.1. The Morgan fingerprint density at radius 3 is 1.37 bits per heavy atom. The molecule has 4 atom stereocenters. The maximum Gasteiger partial charge on any atom is 0.311 e. The quantitative estimate of drug-likeness (QED) is 0.779. The fourth-order valence-electron chi connectivity index (χ4n) is 2.95. The number of methoxy groups -OCH3 is 2. The number of carbonyl (C=O) groups is 2. The van der Waals surface area contributed by atoms with E-state index >= 15 is 0 Å². The minimum absolute atomic E-state index is 0.0658. The first-order chi connectivity index (χ1) is 8.84. The van der Waals surface area contributed by atoms with Crippen molar-refractivity contribution in [2.24, 2.45) is 23.7 Å². The SMILES string of the molecule is COC(=O)[C@H]1[C@H](C(=O)OC)[C@H](C(C)C)N[C@H]1C(C)C. The van der Waals surface area contributed by atoms with Crippen molar-refractivity contribution >= 4 is 11.9 Å². The molecule has 0 spiro atoms. The molecule has 1 aliphatic rings. The highest BCUT2D eigenvalue weighted by Gasteiger charge is 2.53. The topological polar surface area (TPSA) is 64.6 Å². The van der Waals surface area contributed by atoms with E-state index in [9.17, 15) is 9.59 Å². The lowest BCUT2D eigenvalue weighted by Crippen LogP contribution is -2.39. The molecule has 1 rings (SSSR count). The highest BCUT2D eigenvalue weighted by Crippen LogP contribution is 2.36. The molecule has 0 aromatic rings. The Hall–Kier alpha value is -1.10.